The van der Waals surface area contributed by atoms with Crippen LogP contribution in [0.5, 0.6) is 0 Å². The van der Waals surface area contributed by atoms with Crippen LogP contribution in [0.2, 0.25) is 0 Å². The Balaban J connectivity index is 2.06. The highest BCUT2D eigenvalue weighted by molar-refractivity contribution is 5.83. The maximum absolute atomic E-state index is 12.1. The van der Waals surface area contributed by atoms with E-state index in [2.05, 4.69) is 18.1 Å². The van der Waals surface area contributed by atoms with Crippen molar-refractivity contribution in [2.24, 2.45) is 0 Å². The monoisotopic (exact) mass is 271 g/mol. The van der Waals surface area contributed by atoms with Gasteiger partial charge < -0.3 is 10.0 Å². The van der Waals surface area contributed by atoms with Gasteiger partial charge in [-0.1, -0.05) is 24.1 Å². The number of carboxylic acids is 1. The third-order valence-electron chi connectivity index (χ3n) is 3.48. The lowest BCUT2D eigenvalue weighted by Crippen LogP contribution is -2.37. The number of aryl methyl sites for hydroxylation is 2. The summed E-state index contributed by atoms with van der Waals surface area (Å²) in [6.07, 6.45) is 8.69. The molecule has 0 heterocycles. The van der Waals surface area contributed by atoms with Crippen molar-refractivity contribution in [2.45, 2.75) is 25.7 Å². The molecule has 0 aromatic heterocycles. The Bertz CT molecular complexity index is 572. The van der Waals surface area contributed by atoms with Gasteiger partial charge in [-0.05, 0) is 36.0 Å². The number of carbonyl (C=O) groups is 2. The Labute approximate surface area is 118 Å². The average molecular weight is 271 g/mol. The number of nitrogens with zero attached hydrogens (tertiary/aromatic N) is 1. The van der Waals surface area contributed by atoms with Crippen molar-refractivity contribution in [3.8, 4) is 12.3 Å². The topological polar surface area (TPSA) is 57.6 Å². The Morgan fingerprint density at radius 1 is 1.30 bits per heavy atom. The van der Waals surface area contributed by atoms with Gasteiger partial charge in [-0.3, -0.25) is 9.59 Å². The quantitative estimate of drug-likeness (QED) is 0.820. The molecule has 0 unspecified atom stereocenters. The fourth-order valence-corrected chi connectivity index (χ4v) is 2.53. The molecule has 1 N–H and O–H groups in total. The van der Waals surface area contributed by atoms with E-state index in [1.807, 2.05) is 6.07 Å². The number of carboxylic acid groups (broad SMARTS) is 1. The van der Waals surface area contributed by atoms with E-state index < -0.39 is 5.97 Å². The molecule has 0 fully saturated rings. The molecule has 4 nitrogen and oxygen atoms in total. The van der Waals surface area contributed by atoms with Crippen LogP contribution in [-0.2, 0) is 28.9 Å². The maximum Gasteiger partial charge on any atom is 0.323 e. The van der Waals surface area contributed by atoms with Gasteiger partial charge in [0.05, 0.1) is 13.0 Å². The predicted molar refractivity (Wildman–Crippen MR) is 75.2 cm³/mol. The molecule has 1 amide bonds. The van der Waals surface area contributed by atoms with Gasteiger partial charge in [0.1, 0.15) is 6.54 Å². The van der Waals surface area contributed by atoms with Crippen LogP contribution < -0.4 is 0 Å². The summed E-state index contributed by atoms with van der Waals surface area (Å²) in [5, 5.41) is 8.79. The first kappa shape index (κ1) is 14.1. The minimum absolute atomic E-state index is 0.0239. The van der Waals surface area contributed by atoms with Crippen molar-refractivity contribution in [1.29, 1.82) is 0 Å². The van der Waals surface area contributed by atoms with Crippen molar-refractivity contribution in [3.63, 3.8) is 0 Å². The molecule has 0 aliphatic heterocycles. The number of rotatable bonds is 5. The van der Waals surface area contributed by atoms with Crippen LogP contribution in [0.3, 0.4) is 0 Å². The minimum atomic E-state index is -1.05. The predicted octanol–water partition coefficient (Wildman–Crippen LogP) is 1.26. The molecule has 4 heteroatoms. The number of hydrogen-bond donors (Lipinski definition) is 1. The highest BCUT2D eigenvalue weighted by Gasteiger charge is 2.17. The molecular weight excluding hydrogens is 254 g/mol. The fourth-order valence-electron chi connectivity index (χ4n) is 2.53. The lowest BCUT2D eigenvalue weighted by molar-refractivity contribution is -0.143. The van der Waals surface area contributed by atoms with Gasteiger partial charge >= 0.3 is 5.97 Å². The molecule has 0 spiro atoms. The molecule has 0 atom stereocenters. The summed E-state index contributed by atoms with van der Waals surface area (Å²) in [6, 6.07) is 6.06. The zero-order chi connectivity index (χ0) is 14.5. The number of hydrogen-bond acceptors (Lipinski definition) is 2. The molecule has 2 rings (SSSR count). The van der Waals surface area contributed by atoms with Crippen LogP contribution in [0.4, 0.5) is 0 Å². The molecule has 1 aromatic carbocycles. The van der Waals surface area contributed by atoms with Gasteiger partial charge in [-0.25, -0.2) is 0 Å². The van der Waals surface area contributed by atoms with Crippen molar-refractivity contribution < 1.29 is 14.7 Å². The van der Waals surface area contributed by atoms with Gasteiger partial charge in [0.2, 0.25) is 5.91 Å². The van der Waals surface area contributed by atoms with E-state index in [1.54, 1.807) is 0 Å². The molecule has 20 heavy (non-hydrogen) atoms. The first-order valence-electron chi connectivity index (χ1n) is 6.64. The summed E-state index contributed by atoms with van der Waals surface area (Å²) in [7, 11) is 0. The van der Waals surface area contributed by atoms with Crippen LogP contribution >= 0.6 is 0 Å². The zero-order valence-corrected chi connectivity index (χ0v) is 11.3. The lowest BCUT2D eigenvalue weighted by Gasteiger charge is -2.18. The first-order valence-corrected chi connectivity index (χ1v) is 6.64. The molecule has 0 saturated heterocycles. The summed E-state index contributed by atoms with van der Waals surface area (Å²) in [5.41, 5.74) is 3.58. The number of carbonyl (C=O) groups excluding carboxylic acids is 1. The molecule has 1 aliphatic rings. The van der Waals surface area contributed by atoms with Crippen molar-refractivity contribution in [1.82, 2.24) is 4.90 Å². The van der Waals surface area contributed by atoms with Crippen LogP contribution in [0, 0.1) is 12.3 Å². The Morgan fingerprint density at radius 3 is 2.75 bits per heavy atom. The second-order valence-electron chi connectivity index (χ2n) is 4.98. The van der Waals surface area contributed by atoms with E-state index in [1.165, 1.54) is 16.0 Å². The van der Waals surface area contributed by atoms with E-state index in [0.29, 0.717) is 0 Å². The smallest absolute Gasteiger partial charge is 0.323 e. The van der Waals surface area contributed by atoms with E-state index in [4.69, 9.17) is 11.5 Å². The third-order valence-corrected chi connectivity index (χ3v) is 3.48. The van der Waals surface area contributed by atoms with Crippen LogP contribution in [0.15, 0.2) is 18.2 Å². The van der Waals surface area contributed by atoms with Gasteiger partial charge in [0.25, 0.3) is 0 Å². The van der Waals surface area contributed by atoms with E-state index >= 15 is 0 Å². The molecule has 0 saturated carbocycles. The van der Waals surface area contributed by atoms with Crippen LogP contribution in [-0.4, -0.2) is 35.0 Å². The standard InChI is InChI=1S/C16H17NO3/c1-2-8-17(11-16(19)20)15(18)10-12-6-7-13-4-3-5-14(13)9-12/h1,6-7,9H,3-5,8,10-11H2,(H,19,20). The van der Waals surface area contributed by atoms with E-state index in [-0.39, 0.29) is 25.4 Å². The normalized spacial score (nSPS) is 12.6. The summed E-state index contributed by atoms with van der Waals surface area (Å²) in [4.78, 5) is 24.0. The van der Waals surface area contributed by atoms with Gasteiger partial charge in [0, 0.05) is 0 Å². The Morgan fingerprint density at radius 2 is 2.05 bits per heavy atom. The summed E-state index contributed by atoms with van der Waals surface area (Å²) >= 11 is 0. The van der Waals surface area contributed by atoms with Crippen molar-refractivity contribution in [2.75, 3.05) is 13.1 Å². The van der Waals surface area contributed by atoms with Gasteiger partial charge in [-0.15, -0.1) is 6.42 Å². The Kier molecular flexibility index (Phi) is 4.41. The van der Waals surface area contributed by atoms with E-state index in [0.717, 1.165) is 24.8 Å². The van der Waals surface area contributed by atoms with Crippen molar-refractivity contribution >= 4 is 11.9 Å². The van der Waals surface area contributed by atoms with Crippen LogP contribution in [0.25, 0.3) is 0 Å². The maximum atomic E-state index is 12.1. The highest BCUT2D eigenvalue weighted by atomic mass is 16.4. The van der Waals surface area contributed by atoms with Gasteiger partial charge in [-0.2, -0.15) is 0 Å². The summed E-state index contributed by atoms with van der Waals surface area (Å²) in [5.74, 6) is 1.02. The number of terminal acetylenes is 1. The average Bonchev–Trinajstić information content (AvgIpc) is 2.85. The number of fused-ring (bicyclic) bond motifs is 1. The van der Waals surface area contributed by atoms with E-state index in [9.17, 15) is 9.59 Å². The number of benzene rings is 1. The molecule has 1 aliphatic carbocycles. The molecule has 104 valence electrons. The lowest BCUT2D eigenvalue weighted by atomic mass is 10.0. The Hall–Kier alpha value is -2.28. The second kappa shape index (κ2) is 6.25. The molecule has 1 aromatic rings. The largest absolute Gasteiger partial charge is 0.480 e. The third kappa shape index (κ3) is 3.39. The van der Waals surface area contributed by atoms with Gasteiger partial charge in [0.15, 0.2) is 0 Å². The number of aliphatic carboxylic acids is 1. The number of amides is 1. The second-order valence-corrected chi connectivity index (χ2v) is 4.98. The molecule has 0 bridgehead atoms. The fraction of sp³-hybridized carbons (Fsp3) is 0.375. The minimum Gasteiger partial charge on any atom is -0.480 e. The molecule has 0 radical (unpaired) electrons. The zero-order valence-electron chi connectivity index (χ0n) is 11.3. The first-order chi connectivity index (χ1) is 9.60. The summed E-state index contributed by atoms with van der Waals surface area (Å²) in [6.45, 7) is -0.329. The highest BCUT2D eigenvalue weighted by Crippen LogP contribution is 2.23. The molecular formula is C16H17NO3. The van der Waals surface area contributed by atoms with Crippen LogP contribution in [0.1, 0.15) is 23.1 Å². The van der Waals surface area contributed by atoms with Crippen molar-refractivity contribution in [3.05, 3.63) is 34.9 Å². The SMILES string of the molecule is C#CCN(CC(=O)O)C(=O)Cc1ccc2c(c1)CCC2. The summed E-state index contributed by atoms with van der Waals surface area (Å²) < 4.78 is 0.